The van der Waals surface area contributed by atoms with Crippen LogP contribution in [0.4, 0.5) is 0 Å². The highest BCUT2D eigenvalue weighted by Crippen LogP contribution is 2.28. The highest BCUT2D eigenvalue weighted by molar-refractivity contribution is 4.87. The van der Waals surface area contributed by atoms with Gasteiger partial charge in [0.15, 0.2) is 0 Å². The lowest BCUT2D eigenvalue weighted by Gasteiger charge is -2.43. The van der Waals surface area contributed by atoms with Crippen molar-refractivity contribution >= 4 is 0 Å². The van der Waals surface area contributed by atoms with Gasteiger partial charge in [-0.3, -0.25) is 0 Å². The van der Waals surface area contributed by atoms with Crippen LogP contribution in [-0.2, 0) is 4.74 Å². The number of rotatable bonds is 5. The summed E-state index contributed by atoms with van der Waals surface area (Å²) in [5.41, 5.74) is 6.24. The van der Waals surface area contributed by atoms with Crippen LogP contribution in [0.15, 0.2) is 0 Å². The molecule has 1 unspecified atom stereocenters. The predicted molar refractivity (Wildman–Crippen MR) is 74.7 cm³/mol. The third kappa shape index (κ3) is 3.67. The molecule has 0 aromatic carbocycles. The van der Waals surface area contributed by atoms with Gasteiger partial charge in [0.05, 0.1) is 6.61 Å². The highest BCUT2D eigenvalue weighted by atomic mass is 16.5. The Hall–Kier alpha value is -0.160. The van der Waals surface area contributed by atoms with E-state index in [1.807, 2.05) is 0 Å². The summed E-state index contributed by atoms with van der Waals surface area (Å²) in [6.07, 6.45) is 3.67. The maximum Gasteiger partial charge on any atom is 0.0546 e. The SMILES string of the molecule is CCCN1CCN(CC2(CN)CCCOC2)CC1. The lowest BCUT2D eigenvalue weighted by atomic mass is 9.82. The van der Waals surface area contributed by atoms with Crippen molar-refractivity contribution in [1.29, 1.82) is 0 Å². The van der Waals surface area contributed by atoms with Crippen molar-refractivity contribution in [1.82, 2.24) is 9.80 Å². The molecule has 2 N–H and O–H groups in total. The Labute approximate surface area is 111 Å². The molecule has 0 aromatic heterocycles. The van der Waals surface area contributed by atoms with E-state index in [0.29, 0.717) is 0 Å². The standard InChI is InChI=1S/C14H29N3O/c1-2-5-16-6-8-17(9-7-16)12-14(11-15)4-3-10-18-13-14/h2-13,15H2,1H3. The molecule has 2 aliphatic heterocycles. The molecule has 106 valence electrons. The highest BCUT2D eigenvalue weighted by Gasteiger charge is 2.34. The van der Waals surface area contributed by atoms with Crippen LogP contribution in [0.1, 0.15) is 26.2 Å². The van der Waals surface area contributed by atoms with E-state index in [1.54, 1.807) is 0 Å². The average molecular weight is 255 g/mol. The molecule has 0 aromatic rings. The average Bonchev–Trinajstić information content (AvgIpc) is 2.42. The molecule has 1 atom stereocenters. The summed E-state index contributed by atoms with van der Waals surface area (Å²) in [6, 6.07) is 0. The molecule has 0 amide bonds. The van der Waals surface area contributed by atoms with E-state index in [4.69, 9.17) is 10.5 Å². The summed E-state index contributed by atoms with van der Waals surface area (Å²) in [6.45, 7) is 12.0. The van der Waals surface area contributed by atoms with Gasteiger partial charge < -0.3 is 20.3 Å². The molecule has 0 saturated carbocycles. The molecule has 2 saturated heterocycles. The lowest BCUT2D eigenvalue weighted by molar-refractivity contribution is -0.0286. The van der Waals surface area contributed by atoms with Gasteiger partial charge in [-0.15, -0.1) is 0 Å². The van der Waals surface area contributed by atoms with Crippen LogP contribution in [-0.4, -0.2) is 68.8 Å². The predicted octanol–water partition coefficient (Wildman–Crippen LogP) is 0.770. The second kappa shape index (κ2) is 6.85. The minimum absolute atomic E-state index is 0.227. The van der Waals surface area contributed by atoms with Gasteiger partial charge in [0.1, 0.15) is 0 Å². The second-order valence-electron chi connectivity index (χ2n) is 5.98. The molecule has 2 aliphatic rings. The topological polar surface area (TPSA) is 41.7 Å². The third-order valence-electron chi connectivity index (χ3n) is 4.40. The minimum atomic E-state index is 0.227. The molecular formula is C14H29N3O. The fourth-order valence-electron chi connectivity index (χ4n) is 3.22. The summed E-state index contributed by atoms with van der Waals surface area (Å²) < 4.78 is 5.66. The van der Waals surface area contributed by atoms with Gasteiger partial charge in [0.25, 0.3) is 0 Å². The monoisotopic (exact) mass is 255 g/mol. The normalized spacial score (nSPS) is 31.7. The molecule has 0 bridgehead atoms. The van der Waals surface area contributed by atoms with Gasteiger partial charge >= 0.3 is 0 Å². The number of nitrogens with zero attached hydrogens (tertiary/aromatic N) is 2. The summed E-state index contributed by atoms with van der Waals surface area (Å²) in [7, 11) is 0. The first-order valence-corrected chi connectivity index (χ1v) is 7.50. The Bertz CT molecular complexity index is 233. The zero-order valence-electron chi connectivity index (χ0n) is 11.9. The summed E-state index contributed by atoms with van der Waals surface area (Å²) >= 11 is 0. The second-order valence-corrected chi connectivity index (χ2v) is 5.98. The Kier molecular flexibility index (Phi) is 5.42. The van der Waals surface area contributed by atoms with Crippen LogP contribution in [0.3, 0.4) is 0 Å². The molecule has 2 fully saturated rings. The maximum absolute atomic E-state index is 6.01. The van der Waals surface area contributed by atoms with Crippen molar-refractivity contribution in [3.8, 4) is 0 Å². The summed E-state index contributed by atoms with van der Waals surface area (Å²) in [5.74, 6) is 0. The number of ether oxygens (including phenoxy) is 1. The van der Waals surface area contributed by atoms with Crippen molar-refractivity contribution in [2.45, 2.75) is 26.2 Å². The minimum Gasteiger partial charge on any atom is -0.381 e. The first kappa shape index (κ1) is 14.3. The van der Waals surface area contributed by atoms with E-state index in [9.17, 15) is 0 Å². The molecule has 4 heteroatoms. The molecular weight excluding hydrogens is 226 g/mol. The van der Waals surface area contributed by atoms with Crippen LogP contribution in [0, 0.1) is 5.41 Å². The van der Waals surface area contributed by atoms with Crippen LogP contribution in [0.2, 0.25) is 0 Å². The smallest absolute Gasteiger partial charge is 0.0546 e. The van der Waals surface area contributed by atoms with E-state index < -0.39 is 0 Å². The van der Waals surface area contributed by atoms with Crippen molar-refractivity contribution < 1.29 is 4.74 Å². The molecule has 4 nitrogen and oxygen atoms in total. The number of nitrogens with two attached hydrogens (primary N) is 1. The van der Waals surface area contributed by atoms with Gasteiger partial charge in [-0.2, -0.15) is 0 Å². The fraction of sp³-hybridized carbons (Fsp3) is 1.00. The Morgan fingerprint density at radius 3 is 2.44 bits per heavy atom. The van der Waals surface area contributed by atoms with Crippen LogP contribution < -0.4 is 5.73 Å². The van der Waals surface area contributed by atoms with Gasteiger partial charge in [-0.05, 0) is 25.8 Å². The van der Waals surface area contributed by atoms with Gasteiger partial charge in [0.2, 0.25) is 0 Å². The van der Waals surface area contributed by atoms with Crippen LogP contribution >= 0.6 is 0 Å². The van der Waals surface area contributed by atoms with E-state index >= 15 is 0 Å². The zero-order chi connectivity index (χ0) is 12.8. The molecule has 18 heavy (non-hydrogen) atoms. The zero-order valence-corrected chi connectivity index (χ0v) is 11.9. The van der Waals surface area contributed by atoms with E-state index in [-0.39, 0.29) is 5.41 Å². The van der Waals surface area contributed by atoms with E-state index in [0.717, 1.165) is 26.3 Å². The Morgan fingerprint density at radius 1 is 1.17 bits per heavy atom. The van der Waals surface area contributed by atoms with Gasteiger partial charge in [-0.1, -0.05) is 6.92 Å². The molecule has 0 radical (unpaired) electrons. The van der Waals surface area contributed by atoms with Crippen molar-refractivity contribution in [2.75, 3.05) is 59.0 Å². The van der Waals surface area contributed by atoms with Crippen LogP contribution in [0.25, 0.3) is 0 Å². The van der Waals surface area contributed by atoms with Crippen molar-refractivity contribution in [3.63, 3.8) is 0 Å². The fourth-order valence-corrected chi connectivity index (χ4v) is 3.22. The maximum atomic E-state index is 6.01. The van der Waals surface area contributed by atoms with E-state index in [2.05, 4.69) is 16.7 Å². The summed E-state index contributed by atoms with van der Waals surface area (Å²) in [4.78, 5) is 5.16. The first-order chi connectivity index (χ1) is 8.78. The number of hydrogen-bond donors (Lipinski definition) is 1. The van der Waals surface area contributed by atoms with Gasteiger partial charge in [0, 0.05) is 51.3 Å². The van der Waals surface area contributed by atoms with E-state index in [1.165, 1.54) is 52.0 Å². The van der Waals surface area contributed by atoms with Gasteiger partial charge in [-0.25, -0.2) is 0 Å². The third-order valence-corrected chi connectivity index (χ3v) is 4.40. The number of piperazine rings is 1. The Morgan fingerprint density at radius 2 is 1.89 bits per heavy atom. The Balaban J connectivity index is 1.79. The molecule has 2 rings (SSSR count). The molecule has 0 spiro atoms. The quantitative estimate of drug-likeness (QED) is 0.788. The largest absolute Gasteiger partial charge is 0.381 e. The molecule has 0 aliphatic carbocycles. The lowest BCUT2D eigenvalue weighted by Crippen LogP contribution is -2.53. The van der Waals surface area contributed by atoms with Crippen molar-refractivity contribution in [3.05, 3.63) is 0 Å². The molecule has 2 heterocycles. The van der Waals surface area contributed by atoms with Crippen molar-refractivity contribution in [2.24, 2.45) is 11.1 Å². The van der Waals surface area contributed by atoms with Crippen LogP contribution in [0.5, 0.6) is 0 Å². The first-order valence-electron chi connectivity index (χ1n) is 7.50. The number of hydrogen-bond acceptors (Lipinski definition) is 4. The summed E-state index contributed by atoms with van der Waals surface area (Å²) in [5, 5.41) is 0.